The zero-order valence-electron chi connectivity index (χ0n) is 10.4. The summed E-state index contributed by atoms with van der Waals surface area (Å²) in [6, 6.07) is 1.40. The van der Waals surface area contributed by atoms with Gasteiger partial charge in [0, 0.05) is 0 Å². The van der Waals surface area contributed by atoms with E-state index in [1.165, 1.54) is 20.3 Å². The molecule has 0 atom stereocenters. The minimum absolute atomic E-state index is 0.0366. The number of hydrogen-bond acceptors (Lipinski definition) is 10. The summed E-state index contributed by atoms with van der Waals surface area (Å²) < 4.78 is 35.7. The lowest BCUT2D eigenvalue weighted by Gasteiger charge is -2.07. The second-order valence-electron chi connectivity index (χ2n) is 3.29. The number of anilines is 2. The van der Waals surface area contributed by atoms with Crippen LogP contribution in [0.25, 0.3) is 0 Å². The second kappa shape index (κ2) is 5.42. The standard InChI is InChI=1S/C8H10N6O4S2/c1-17-4-3-5(18-2)11-7(10-4)14-20(15,16)8-13-12-6(9)19-8/h3H,1-2H3,(H2,9,12)(H,10,11,14). The SMILES string of the molecule is COc1cc(OC)nc(NS(=O)(=O)c2nnc(N)s2)n1. The van der Waals surface area contributed by atoms with E-state index in [-0.39, 0.29) is 27.2 Å². The van der Waals surface area contributed by atoms with Gasteiger partial charge < -0.3 is 15.2 Å². The molecule has 0 aliphatic carbocycles. The molecule has 0 aliphatic rings. The molecule has 2 aromatic rings. The molecule has 20 heavy (non-hydrogen) atoms. The fraction of sp³-hybridized carbons (Fsp3) is 0.250. The molecule has 2 heterocycles. The number of nitrogens with one attached hydrogen (secondary N) is 1. The van der Waals surface area contributed by atoms with Crippen LogP contribution in [0.4, 0.5) is 11.1 Å². The summed E-state index contributed by atoms with van der Waals surface area (Å²) in [4.78, 5) is 7.68. The van der Waals surface area contributed by atoms with E-state index >= 15 is 0 Å². The summed E-state index contributed by atoms with van der Waals surface area (Å²) in [5.74, 6) is 0.0765. The van der Waals surface area contributed by atoms with Crippen molar-refractivity contribution in [2.24, 2.45) is 0 Å². The Morgan fingerprint density at radius 2 is 1.80 bits per heavy atom. The van der Waals surface area contributed by atoms with Crippen LogP contribution >= 0.6 is 11.3 Å². The van der Waals surface area contributed by atoms with Crippen LogP contribution < -0.4 is 19.9 Å². The van der Waals surface area contributed by atoms with Crippen molar-refractivity contribution in [2.45, 2.75) is 4.34 Å². The van der Waals surface area contributed by atoms with E-state index in [0.717, 1.165) is 11.3 Å². The number of methoxy groups -OCH3 is 2. The van der Waals surface area contributed by atoms with Crippen molar-refractivity contribution in [3.63, 3.8) is 0 Å². The molecule has 0 fully saturated rings. The van der Waals surface area contributed by atoms with Crippen molar-refractivity contribution in [3.8, 4) is 11.8 Å². The zero-order chi connectivity index (χ0) is 14.8. The number of ether oxygens (including phenoxy) is 2. The molecule has 108 valence electrons. The van der Waals surface area contributed by atoms with Gasteiger partial charge in [0.2, 0.25) is 22.8 Å². The molecule has 0 amide bonds. The van der Waals surface area contributed by atoms with Gasteiger partial charge in [-0.25, -0.2) is 4.72 Å². The molecule has 0 saturated carbocycles. The van der Waals surface area contributed by atoms with E-state index in [0.29, 0.717) is 0 Å². The van der Waals surface area contributed by atoms with Crippen molar-refractivity contribution >= 4 is 32.4 Å². The molecule has 10 nitrogen and oxygen atoms in total. The molecule has 0 radical (unpaired) electrons. The van der Waals surface area contributed by atoms with E-state index in [9.17, 15) is 8.42 Å². The monoisotopic (exact) mass is 318 g/mol. The van der Waals surface area contributed by atoms with Gasteiger partial charge in [0.1, 0.15) is 0 Å². The van der Waals surface area contributed by atoms with Gasteiger partial charge in [-0.1, -0.05) is 11.3 Å². The lowest BCUT2D eigenvalue weighted by molar-refractivity contribution is 0.373. The van der Waals surface area contributed by atoms with Crippen LogP contribution in [0.1, 0.15) is 0 Å². The molecule has 0 spiro atoms. The molecule has 2 rings (SSSR count). The van der Waals surface area contributed by atoms with E-state index < -0.39 is 10.0 Å². The minimum Gasteiger partial charge on any atom is -0.481 e. The molecule has 12 heteroatoms. The topological polar surface area (TPSA) is 142 Å². The van der Waals surface area contributed by atoms with Gasteiger partial charge in [0.25, 0.3) is 14.4 Å². The predicted molar refractivity (Wildman–Crippen MR) is 70.3 cm³/mol. The van der Waals surface area contributed by atoms with E-state index in [2.05, 4.69) is 24.9 Å². The Labute approximate surface area is 118 Å². The number of rotatable bonds is 5. The Morgan fingerprint density at radius 1 is 1.20 bits per heavy atom. The van der Waals surface area contributed by atoms with Crippen LogP contribution in [0.15, 0.2) is 10.4 Å². The molecule has 2 aromatic heterocycles. The lowest BCUT2D eigenvalue weighted by Crippen LogP contribution is -2.15. The Kier molecular flexibility index (Phi) is 3.85. The van der Waals surface area contributed by atoms with Crippen LogP contribution in [-0.4, -0.2) is 42.8 Å². The fourth-order valence-corrected chi connectivity index (χ4v) is 2.88. The average Bonchev–Trinajstić information content (AvgIpc) is 2.85. The van der Waals surface area contributed by atoms with Gasteiger partial charge in [-0.15, -0.1) is 10.2 Å². The first-order chi connectivity index (χ1) is 9.44. The van der Waals surface area contributed by atoms with E-state index in [1.807, 2.05) is 0 Å². The van der Waals surface area contributed by atoms with Gasteiger partial charge in [0.15, 0.2) is 0 Å². The van der Waals surface area contributed by atoms with Crippen molar-refractivity contribution < 1.29 is 17.9 Å². The van der Waals surface area contributed by atoms with Crippen molar-refractivity contribution in [3.05, 3.63) is 6.07 Å². The Morgan fingerprint density at radius 3 is 2.25 bits per heavy atom. The third kappa shape index (κ3) is 3.03. The number of hydrogen-bond donors (Lipinski definition) is 2. The predicted octanol–water partition coefficient (Wildman–Crippen LogP) is -0.272. The largest absolute Gasteiger partial charge is 0.481 e. The summed E-state index contributed by atoms with van der Waals surface area (Å²) in [7, 11) is -1.20. The van der Waals surface area contributed by atoms with Crippen LogP contribution in [0, 0.1) is 0 Å². The molecular weight excluding hydrogens is 308 g/mol. The molecular formula is C8H10N6O4S2. The summed E-state index contributed by atoms with van der Waals surface area (Å²) in [6.07, 6.45) is 0. The highest BCUT2D eigenvalue weighted by atomic mass is 32.2. The fourth-order valence-electron chi connectivity index (χ4n) is 1.15. The molecule has 0 aliphatic heterocycles. The molecule has 0 bridgehead atoms. The number of nitrogens with zero attached hydrogens (tertiary/aromatic N) is 4. The quantitative estimate of drug-likeness (QED) is 0.761. The molecule has 0 saturated heterocycles. The summed E-state index contributed by atoms with van der Waals surface area (Å²) in [5.41, 5.74) is 5.34. The zero-order valence-corrected chi connectivity index (χ0v) is 12.0. The van der Waals surface area contributed by atoms with Gasteiger partial charge in [-0.05, 0) is 0 Å². The summed E-state index contributed by atoms with van der Waals surface area (Å²) in [6.45, 7) is 0. The maximum absolute atomic E-state index is 12.0. The molecule has 0 unspecified atom stereocenters. The van der Waals surface area contributed by atoms with Gasteiger partial charge >= 0.3 is 0 Å². The van der Waals surface area contributed by atoms with Crippen molar-refractivity contribution in [2.75, 3.05) is 24.7 Å². The first-order valence-electron chi connectivity index (χ1n) is 5.03. The third-order valence-electron chi connectivity index (χ3n) is 1.98. The minimum atomic E-state index is -3.96. The van der Waals surface area contributed by atoms with Crippen LogP contribution in [0.3, 0.4) is 0 Å². The van der Waals surface area contributed by atoms with E-state index in [4.69, 9.17) is 15.2 Å². The van der Waals surface area contributed by atoms with Gasteiger partial charge in [0.05, 0.1) is 20.3 Å². The Bertz CT molecular complexity index is 693. The van der Waals surface area contributed by atoms with Crippen molar-refractivity contribution in [1.82, 2.24) is 20.2 Å². The maximum atomic E-state index is 12.0. The normalized spacial score (nSPS) is 11.1. The van der Waals surface area contributed by atoms with Gasteiger partial charge in [-0.3, -0.25) is 0 Å². The number of nitrogens with two attached hydrogens (primary N) is 1. The van der Waals surface area contributed by atoms with Gasteiger partial charge in [-0.2, -0.15) is 18.4 Å². The number of nitrogen functional groups attached to an aromatic ring is 1. The maximum Gasteiger partial charge on any atom is 0.293 e. The van der Waals surface area contributed by atoms with Crippen LogP contribution in [0.2, 0.25) is 0 Å². The number of sulfonamides is 1. The highest BCUT2D eigenvalue weighted by molar-refractivity contribution is 7.94. The highest BCUT2D eigenvalue weighted by Crippen LogP contribution is 2.22. The van der Waals surface area contributed by atoms with Crippen molar-refractivity contribution in [1.29, 1.82) is 0 Å². The summed E-state index contributed by atoms with van der Waals surface area (Å²) >= 11 is 0.721. The molecule has 3 N–H and O–H groups in total. The van der Waals surface area contributed by atoms with Crippen LogP contribution in [-0.2, 0) is 10.0 Å². The Hall–Kier alpha value is -2.21. The van der Waals surface area contributed by atoms with Crippen LogP contribution in [0.5, 0.6) is 11.8 Å². The summed E-state index contributed by atoms with van der Waals surface area (Å²) in [5, 5.41) is 6.91. The highest BCUT2D eigenvalue weighted by Gasteiger charge is 2.21. The average molecular weight is 318 g/mol. The third-order valence-corrected chi connectivity index (χ3v) is 4.42. The lowest BCUT2D eigenvalue weighted by atomic mass is 10.6. The first kappa shape index (κ1) is 14.2. The van der Waals surface area contributed by atoms with E-state index in [1.54, 1.807) is 0 Å². The number of aromatic nitrogens is 4. The molecule has 0 aromatic carbocycles. The Balaban J connectivity index is 2.33. The second-order valence-corrected chi connectivity index (χ2v) is 6.15. The smallest absolute Gasteiger partial charge is 0.293 e. The first-order valence-corrected chi connectivity index (χ1v) is 7.33.